The lowest BCUT2D eigenvalue weighted by Gasteiger charge is -2.09. The van der Waals surface area contributed by atoms with Gasteiger partial charge in [-0.3, -0.25) is 0 Å². The van der Waals surface area contributed by atoms with E-state index in [1.54, 1.807) is 12.1 Å². The molecule has 0 radical (unpaired) electrons. The first-order valence-electron chi connectivity index (χ1n) is 7.53. The highest BCUT2D eigenvalue weighted by Crippen LogP contribution is 2.28. The number of hydrogen-bond donors (Lipinski definition) is 1. The van der Waals surface area contributed by atoms with E-state index in [0.717, 1.165) is 16.0 Å². The molecule has 2 nitrogen and oxygen atoms in total. The summed E-state index contributed by atoms with van der Waals surface area (Å²) in [5.74, 6) is -0.366. The molecule has 0 saturated heterocycles. The Hall–Kier alpha value is -2.24. The standard InChI is InChI=1S/C19H17F2NOS/c1-23-18-7-5-14(10-17(18)21)12-22-11-13-4-6-16(20)15(9-13)19-3-2-8-24-19/h2-10,22H,11-12H2,1H3. The van der Waals surface area contributed by atoms with E-state index >= 15 is 0 Å². The number of hydrogen-bond acceptors (Lipinski definition) is 3. The summed E-state index contributed by atoms with van der Waals surface area (Å²) in [5, 5.41) is 5.18. The maximum atomic E-state index is 14.0. The molecule has 1 N–H and O–H groups in total. The van der Waals surface area contributed by atoms with Crippen LogP contribution in [0.5, 0.6) is 5.75 Å². The molecule has 0 fully saturated rings. The molecule has 0 atom stereocenters. The fraction of sp³-hybridized carbons (Fsp3) is 0.158. The number of thiophene rings is 1. The predicted octanol–water partition coefficient (Wildman–Crippen LogP) is 4.99. The topological polar surface area (TPSA) is 21.3 Å². The van der Waals surface area contributed by atoms with Crippen LogP contribution in [0.4, 0.5) is 8.78 Å². The number of methoxy groups -OCH3 is 1. The van der Waals surface area contributed by atoms with Gasteiger partial charge in [-0.15, -0.1) is 11.3 Å². The highest BCUT2D eigenvalue weighted by molar-refractivity contribution is 7.13. The third kappa shape index (κ3) is 3.80. The fourth-order valence-corrected chi connectivity index (χ4v) is 3.22. The monoisotopic (exact) mass is 345 g/mol. The van der Waals surface area contributed by atoms with Crippen LogP contribution in [0.2, 0.25) is 0 Å². The molecule has 0 aliphatic carbocycles. The van der Waals surface area contributed by atoms with E-state index in [1.165, 1.54) is 30.6 Å². The van der Waals surface area contributed by atoms with Crippen molar-refractivity contribution in [3.05, 3.63) is 76.7 Å². The third-order valence-corrected chi connectivity index (χ3v) is 4.60. The first-order chi connectivity index (χ1) is 11.7. The Balaban J connectivity index is 1.65. The van der Waals surface area contributed by atoms with Crippen molar-refractivity contribution in [2.45, 2.75) is 13.1 Å². The van der Waals surface area contributed by atoms with Gasteiger partial charge in [0, 0.05) is 23.5 Å². The molecule has 0 amide bonds. The maximum Gasteiger partial charge on any atom is 0.165 e. The van der Waals surface area contributed by atoms with Crippen LogP contribution in [0.15, 0.2) is 53.9 Å². The van der Waals surface area contributed by atoms with Gasteiger partial charge in [-0.2, -0.15) is 0 Å². The second kappa shape index (κ2) is 7.55. The zero-order chi connectivity index (χ0) is 16.9. The Labute approximate surface area is 143 Å². The quantitative estimate of drug-likeness (QED) is 0.679. The maximum absolute atomic E-state index is 14.0. The van der Waals surface area contributed by atoms with Gasteiger partial charge in [-0.1, -0.05) is 18.2 Å². The molecule has 0 aliphatic rings. The SMILES string of the molecule is COc1ccc(CNCc2ccc(F)c(-c3cccs3)c2)cc1F. The Morgan fingerprint density at radius 2 is 1.71 bits per heavy atom. The second-order valence-electron chi connectivity index (χ2n) is 5.36. The fourth-order valence-electron chi connectivity index (χ4n) is 2.47. The highest BCUT2D eigenvalue weighted by Gasteiger charge is 2.08. The average Bonchev–Trinajstić information content (AvgIpc) is 3.11. The molecule has 2 aromatic carbocycles. The minimum Gasteiger partial charge on any atom is -0.494 e. The third-order valence-electron chi connectivity index (χ3n) is 3.69. The van der Waals surface area contributed by atoms with Crippen molar-refractivity contribution in [1.82, 2.24) is 5.32 Å². The van der Waals surface area contributed by atoms with Crippen molar-refractivity contribution in [3.8, 4) is 16.2 Å². The molecule has 0 spiro atoms. The zero-order valence-electron chi connectivity index (χ0n) is 13.2. The minimum absolute atomic E-state index is 0.224. The van der Waals surface area contributed by atoms with Gasteiger partial charge in [0.25, 0.3) is 0 Å². The van der Waals surface area contributed by atoms with Crippen molar-refractivity contribution in [1.29, 1.82) is 0 Å². The molecular weight excluding hydrogens is 328 g/mol. The second-order valence-corrected chi connectivity index (χ2v) is 6.31. The number of rotatable bonds is 6. The lowest BCUT2D eigenvalue weighted by Crippen LogP contribution is -2.13. The van der Waals surface area contributed by atoms with Crippen molar-refractivity contribution in [2.24, 2.45) is 0 Å². The first kappa shape index (κ1) is 16.6. The van der Waals surface area contributed by atoms with Crippen LogP contribution in [-0.4, -0.2) is 7.11 Å². The molecule has 1 aromatic heterocycles. The van der Waals surface area contributed by atoms with E-state index in [2.05, 4.69) is 5.32 Å². The van der Waals surface area contributed by atoms with Crippen molar-refractivity contribution >= 4 is 11.3 Å². The van der Waals surface area contributed by atoms with E-state index in [9.17, 15) is 8.78 Å². The Kier molecular flexibility index (Phi) is 5.23. The molecule has 0 unspecified atom stereocenters. The van der Waals surface area contributed by atoms with Crippen LogP contribution < -0.4 is 10.1 Å². The van der Waals surface area contributed by atoms with Gasteiger partial charge < -0.3 is 10.1 Å². The summed E-state index contributed by atoms with van der Waals surface area (Å²) in [7, 11) is 1.44. The summed E-state index contributed by atoms with van der Waals surface area (Å²) in [6.07, 6.45) is 0. The first-order valence-corrected chi connectivity index (χ1v) is 8.41. The van der Waals surface area contributed by atoms with E-state index < -0.39 is 0 Å². The highest BCUT2D eigenvalue weighted by atomic mass is 32.1. The van der Waals surface area contributed by atoms with Gasteiger partial charge in [0.15, 0.2) is 11.6 Å². The Morgan fingerprint density at radius 1 is 0.958 bits per heavy atom. The van der Waals surface area contributed by atoms with E-state index in [0.29, 0.717) is 18.7 Å². The van der Waals surface area contributed by atoms with Crippen LogP contribution in [0, 0.1) is 11.6 Å². The molecule has 3 rings (SSSR count). The summed E-state index contributed by atoms with van der Waals surface area (Å²) in [4.78, 5) is 0.909. The van der Waals surface area contributed by atoms with Crippen LogP contribution in [0.25, 0.3) is 10.4 Å². The summed E-state index contributed by atoms with van der Waals surface area (Å²) in [5.41, 5.74) is 2.42. The van der Waals surface area contributed by atoms with Crippen LogP contribution in [0.1, 0.15) is 11.1 Å². The summed E-state index contributed by atoms with van der Waals surface area (Å²) in [6, 6.07) is 13.8. The predicted molar refractivity (Wildman–Crippen MR) is 93.2 cm³/mol. The van der Waals surface area contributed by atoms with Crippen molar-refractivity contribution in [3.63, 3.8) is 0 Å². The zero-order valence-corrected chi connectivity index (χ0v) is 14.0. The lowest BCUT2D eigenvalue weighted by atomic mass is 10.1. The average molecular weight is 345 g/mol. The van der Waals surface area contributed by atoms with Crippen molar-refractivity contribution in [2.75, 3.05) is 7.11 Å². The number of halogens is 2. The van der Waals surface area contributed by atoms with Gasteiger partial charge in [-0.05, 0) is 46.8 Å². The van der Waals surface area contributed by atoms with Gasteiger partial charge in [0.05, 0.1) is 7.11 Å². The number of benzene rings is 2. The molecule has 1 heterocycles. The molecule has 3 aromatic rings. The largest absolute Gasteiger partial charge is 0.494 e. The number of ether oxygens (including phenoxy) is 1. The lowest BCUT2D eigenvalue weighted by molar-refractivity contribution is 0.386. The molecule has 0 bridgehead atoms. The summed E-state index contributed by atoms with van der Waals surface area (Å²) in [6.45, 7) is 1.10. The van der Waals surface area contributed by atoms with Gasteiger partial charge in [-0.25, -0.2) is 8.78 Å². The van der Waals surface area contributed by atoms with Crippen LogP contribution in [0.3, 0.4) is 0 Å². The van der Waals surface area contributed by atoms with E-state index in [-0.39, 0.29) is 17.4 Å². The molecule has 24 heavy (non-hydrogen) atoms. The van der Waals surface area contributed by atoms with Crippen molar-refractivity contribution < 1.29 is 13.5 Å². The molecule has 5 heteroatoms. The number of nitrogens with one attached hydrogen (secondary N) is 1. The Bertz CT molecular complexity index is 818. The van der Waals surface area contributed by atoms with Gasteiger partial charge >= 0.3 is 0 Å². The van der Waals surface area contributed by atoms with E-state index in [1.807, 2.05) is 29.6 Å². The minimum atomic E-state index is -0.376. The summed E-state index contributed by atoms with van der Waals surface area (Å²) >= 11 is 1.51. The molecule has 124 valence electrons. The molecule has 0 aliphatic heterocycles. The van der Waals surface area contributed by atoms with E-state index in [4.69, 9.17) is 4.74 Å². The van der Waals surface area contributed by atoms with Crippen LogP contribution in [-0.2, 0) is 13.1 Å². The molecule has 0 saturated carbocycles. The Morgan fingerprint density at radius 3 is 2.38 bits per heavy atom. The van der Waals surface area contributed by atoms with Gasteiger partial charge in [0.1, 0.15) is 5.82 Å². The van der Waals surface area contributed by atoms with Crippen LogP contribution >= 0.6 is 11.3 Å². The summed E-state index contributed by atoms with van der Waals surface area (Å²) < 4.78 is 32.5. The van der Waals surface area contributed by atoms with Gasteiger partial charge in [0.2, 0.25) is 0 Å². The normalized spacial score (nSPS) is 10.8. The molecular formula is C19H17F2NOS. The smallest absolute Gasteiger partial charge is 0.165 e.